The number of allylic oxidation sites excluding steroid dienone is 2. The van der Waals surface area contributed by atoms with Gasteiger partial charge in [-0.3, -0.25) is 0 Å². The van der Waals surface area contributed by atoms with E-state index in [9.17, 15) is 0 Å². The Labute approximate surface area is 89.1 Å². The Balaban J connectivity index is 2.48. The molecule has 0 aromatic carbocycles. The van der Waals surface area contributed by atoms with Gasteiger partial charge >= 0.3 is 0 Å². The fraction of sp³-hybridized carbons (Fsp3) is 0.714. The van der Waals surface area contributed by atoms with Crippen LogP contribution in [0.4, 0.5) is 0 Å². The predicted molar refractivity (Wildman–Crippen MR) is 64.3 cm³/mol. The summed E-state index contributed by atoms with van der Waals surface area (Å²) in [6.07, 6.45) is 15.4. The summed E-state index contributed by atoms with van der Waals surface area (Å²) in [4.78, 5) is 0. The maximum atomic E-state index is 3.96. The van der Waals surface area contributed by atoms with E-state index in [0.717, 1.165) is 0 Å². The largest absolute Gasteiger partial charge is 0.103 e. The Hall–Kier alpha value is -0.520. The molecule has 0 aromatic rings. The van der Waals surface area contributed by atoms with Crippen molar-refractivity contribution in [1.82, 2.24) is 0 Å². The highest BCUT2D eigenvalue weighted by atomic mass is 14.2. The summed E-state index contributed by atoms with van der Waals surface area (Å²) in [7, 11) is 0. The minimum absolute atomic E-state index is 0.686. The Morgan fingerprint density at radius 1 is 0.643 bits per heavy atom. The Kier molecular flexibility index (Phi) is 5.66. The molecule has 2 unspecified atom stereocenters. The maximum Gasteiger partial charge on any atom is -0.0173 e. The van der Waals surface area contributed by atoms with Crippen LogP contribution in [-0.2, 0) is 0 Å². The van der Waals surface area contributed by atoms with E-state index >= 15 is 0 Å². The van der Waals surface area contributed by atoms with E-state index in [0.29, 0.717) is 11.8 Å². The number of rotatable bonds is 2. The monoisotopic (exact) mass is 192 g/mol. The lowest BCUT2D eigenvalue weighted by atomic mass is 9.83. The Bertz CT molecular complexity index is 149. The van der Waals surface area contributed by atoms with Gasteiger partial charge in [-0.25, -0.2) is 0 Å². The standard InChI is InChI=1S/C14H24/c1-3-13-11-9-7-5-6-8-10-12-14(13)4-2/h3-4,13-14H,1-2,5-12H2. The second-order valence-corrected chi connectivity index (χ2v) is 4.50. The van der Waals surface area contributed by atoms with Crippen molar-refractivity contribution in [3.05, 3.63) is 25.3 Å². The van der Waals surface area contributed by atoms with Gasteiger partial charge in [0.2, 0.25) is 0 Å². The molecule has 0 heteroatoms. The lowest BCUT2D eigenvalue weighted by Gasteiger charge is -2.22. The molecule has 0 radical (unpaired) electrons. The molecule has 0 amide bonds. The fourth-order valence-electron chi connectivity index (χ4n) is 2.48. The molecule has 0 N–H and O–H groups in total. The number of hydrogen-bond acceptors (Lipinski definition) is 0. The molecule has 14 heavy (non-hydrogen) atoms. The van der Waals surface area contributed by atoms with Gasteiger partial charge in [-0.2, -0.15) is 0 Å². The summed E-state index contributed by atoms with van der Waals surface area (Å²) in [5.74, 6) is 1.37. The van der Waals surface area contributed by atoms with Crippen LogP contribution < -0.4 is 0 Å². The smallest absolute Gasteiger partial charge is 0.0173 e. The zero-order chi connectivity index (χ0) is 10.2. The van der Waals surface area contributed by atoms with Gasteiger partial charge in [-0.05, 0) is 24.7 Å². The lowest BCUT2D eigenvalue weighted by Crippen LogP contribution is -2.11. The summed E-state index contributed by atoms with van der Waals surface area (Å²) in [5, 5.41) is 0. The summed E-state index contributed by atoms with van der Waals surface area (Å²) in [6.45, 7) is 7.92. The van der Waals surface area contributed by atoms with E-state index in [2.05, 4.69) is 25.3 Å². The van der Waals surface area contributed by atoms with Crippen LogP contribution in [0.2, 0.25) is 0 Å². The molecule has 0 saturated heterocycles. The highest BCUT2D eigenvalue weighted by Gasteiger charge is 2.15. The van der Waals surface area contributed by atoms with Gasteiger partial charge in [-0.15, -0.1) is 13.2 Å². The van der Waals surface area contributed by atoms with E-state index in [1.54, 1.807) is 0 Å². The van der Waals surface area contributed by atoms with Crippen LogP contribution in [0.1, 0.15) is 51.4 Å². The van der Waals surface area contributed by atoms with Gasteiger partial charge in [0, 0.05) is 0 Å². The third-order valence-corrected chi connectivity index (χ3v) is 3.48. The zero-order valence-electron chi connectivity index (χ0n) is 9.38. The van der Waals surface area contributed by atoms with Crippen molar-refractivity contribution in [1.29, 1.82) is 0 Å². The summed E-state index contributed by atoms with van der Waals surface area (Å²) < 4.78 is 0. The quantitative estimate of drug-likeness (QED) is 0.555. The van der Waals surface area contributed by atoms with Crippen LogP contribution in [0.3, 0.4) is 0 Å². The molecule has 1 saturated carbocycles. The van der Waals surface area contributed by atoms with Crippen molar-refractivity contribution in [3.8, 4) is 0 Å². The molecule has 0 aliphatic heterocycles. The Morgan fingerprint density at radius 2 is 1.00 bits per heavy atom. The van der Waals surface area contributed by atoms with Crippen molar-refractivity contribution < 1.29 is 0 Å². The van der Waals surface area contributed by atoms with E-state index in [1.807, 2.05) is 0 Å². The molecule has 0 spiro atoms. The molecule has 0 nitrogen and oxygen atoms in total. The van der Waals surface area contributed by atoms with Crippen molar-refractivity contribution in [2.24, 2.45) is 11.8 Å². The summed E-state index contributed by atoms with van der Waals surface area (Å²) >= 11 is 0. The highest BCUT2D eigenvalue weighted by Crippen LogP contribution is 2.28. The van der Waals surface area contributed by atoms with E-state index in [4.69, 9.17) is 0 Å². The molecule has 2 atom stereocenters. The minimum atomic E-state index is 0.686. The topological polar surface area (TPSA) is 0 Å². The van der Waals surface area contributed by atoms with Crippen LogP contribution in [0, 0.1) is 11.8 Å². The van der Waals surface area contributed by atoms with Crippen LogP contribution in [0.25, 0.3) is 0 Å². The molecule has 1 fully saturated rings. The average molecular weight is 192 g/mol. The van der Waals surface area contributed by atoms with Gasteiger partial charge in [0.1, 0.15) is 0 Å². The molecule has 0 heterocycles. The van der Waals surface area contributed by atoms with E-state index in [1.165, 1.54) is 51.4 Å². The third kappa shape index (κ3) is 3.69. The molecule has 1 aliphatic carbocycles. The number of hydrogen-bond donors (Lipinski definition) is 0. The van der Waals surface area contributed by atoms with Crippen LogP contribution in [0.5, 0.6) is 0 Å². The van der Waals surface area contributed by atoms with Crippen molar-refractivity contribution in [2.75, 3.05) is 0 Å². The van der Waals surface area contributed by atoms with E-state index in [-0.39, 0.29) is 0 Å². The van der Waals surface area contributed by atoms with Crippen molar-refractivity contribution in [3.63, 3.8) is 0 Å². The van der Waals surface area contributed by atoms with Gasteiger partial charge in [0.25, 0.3) is 0 Å². The summed E-state index contributed by atoms with van der Waals surface area (Å²) in [6, 6.07) is 0. The minimum Gasteiger partial charge on any atom is -0.103 e. The summed E-state index contributed by atoms with van der Waals surface area (Å²) in [5.41, 5.74) is 0. The van der Waals surface area contributed by atoms with E-state index < -0.39 is 0 Å². The average Bonchev–Trinajstić information content (AvgIpc) is 2.24. The first-order chi connectivity index (χ1) is 6.88. The Morgan fingerprint density at radius 3 is 1.36 bits per heavy atom. The first-order valence-corrected chi connectivity index (χ1v) is 6.13. The highest BCUT2D eigenvalue weighted by molar-refractivity contribution is 4.93. The second kappa shape index (κ2) is 6.86. The fourth-order valence-corrected chi connectivity index (χ4v) is 2.48. The third-order valence-electron chi connectivity index (χ3n) is 3.48. The maximum absolute atomic E-state index is 3.96. The first kappa shape index (κ1) is 11.6. The second-order valence-electron chi connectivity index (χ2n) is 4.50. The zero-order valence-corrected chi connectivity index (χ0v) is 9.38. The normalized spacial score (nSPS) is 30.6. The predicted octanol–water partition coefficient (Wildman–Crippen LogP) is 4.73. The van der Waals surface area contributed by atoms with Gasteiger partial charge in [-0.1, -0.05) is 50.7 Å². The van der Waals surface area contributed by atoms with Crippen LogP contribution in [0.15, 0.2) is 25.3 Å². The molecule has 80 valence electrons. The van der Waals surface area contributed by atoms with Gasteiger partial charge in [0.05, 0.1) is 0 Å². The first-order valence-electron chi connectivity index (χ1n) is 6.13. The molecule has 1 aliphatic rings. The SMILES string of the molecule is C=CC1CCCCCCCCC1C=C. The van der Waals surface area contributed by atoms with Gasteiger partial charge in [0.15, 0.2) is 0 Å². The molecular formula is C14H24. The molecule has 0 bridgehead atoms. The lowest BCUT2D eigenvalue weighted by molar-refractivity contribution is 0.373. The van der Waals surface area contributed by atoms with Crippen LogP contribution >= 0.6 is 0 Å². The van der Waals surface area contributed by atoms with Crippen molar-refractivity contribution in [2.45, 2.75) is 51.4 Å². The van der Waals surface area contributed by atoms with Crippen LogP contribution in [-0.4, -0.2) is 0 Å². The molecular weight excluding hydrogens is 168 g/mol. The molecule has 0 aromatic heterocycles. The molecule has 1 rings (SSSR count). The van der Waals surface area contributed by atoms with Crippen molar-refractivity contribution >= 4 is 0 Å². The van der Waals surface area contributed by atoms with Gasteiger partial charge < -0.3 is 0 Å².